The zero-order valence-electron chi connectivity index (χ0n) is 11.4. The second-order valence-corrected chi connectivity index (χ2v) is 6.07. The monoisotopic (exact) mass is 259 g/mol. The van der Waals surface area contributed by atoms with E-state index < -0.39 is 0 Å². The Morgan fingerprint density at radius 1 is 1.21 bits per heavy atom. The van der Waals surface area contributed by atoms with Gasteiger partial charge in [-0.3, -0.25) is 4.79 Å². The van der Waals surface area contributed by atoms with E-state index in [0.717, 1.165) is 18.7 Å². The summed E-state index contributed by atoms with van der Waals surface area (Å²) in [7, 11) is 0. The summed E-state index contributed by atoms with van der Waals surface area (Å²) in [5.74, 6) is 1.52. The van der Waals surface area contributed by atoms with E-state index in [-0.39, 0.29) is 11.7 Å². The number of benzene rings is 1. The number of aryl methyl sites for hydroxylation is 1. The molecule has 0 atom stereocenters. The Hall–Kier alpha value is -1.51. The highest BCUT2D eigenvalue weighted by Gasteiger charge is 2.32. The average Bonchev–Trinajstić information content (AvgIpc) is 3.26. The van der Waals surface area contributed by atoms with E-state index in [9.17, 15) is 9.90 Å². The number of phenolic OH excluding ortho intramolecular Hbond substituents is 1. The summed E-state index contributed by atoms with van der Waals surface area (Å²) in [4.78, 5) is 14.6. The van der Waals surface area contributed by atoms with Crippen molar-refractivity contribution in [3.63, 3.8) is 0 Å². The van der Waals surface area contributed by atoms with Gasteiger partial charge in [-0.2, -0.15) is 0 Å². The molecule has 0 bridgehead atoms. The van der Waals surface area contributed by atoms with E-state index in [2.05, 4.69) is 0 Å². The Bertz CT molecular complexity index is 476. The van der Waals surface area contributed by atoms with Crippen LogP contribution in [0.3, 0.4) is 0 Å². The Kier molecular flexibility index (Phi) is 3.21. The van der Waals surface area contributed by atoms with E-state index >= 15 is 0 Å². The molecule has 2 aliphatic carbocycles. The van der Waals surface area contributed by atoms with Crippen LogP contribution in [0.15, 0.2) is 18.2 Å². The summed E-state index contributed by atoms with van der Waals surface area (Å²) in [6.07, 6.45) is 4.98. The van der Waals surface area contributed by atoms with Gasteiger partial charge in [-0.1, -0.05) is 12.1 Å². The summed E-state index contributed by atoms with van der Waals surface area (Å²) in [5.41, 5.74) is 1.23. The van der Waals surface area contributed by atoms with Gasteiger partial charge in [0.2, 0.25) is 0 Å². The van der Waals surface area contributed by atoms with Crippen LogP contribution < -0.4 is 0 Å². The number of carbonyl (C=O) groups is 1. The maximum absolute atomic E-state index is 12.6. The highest BCUT2D eigenvalue weighted by molar-refractivity contribution is 5.97. The molecule has 0 unspecified atom stereocenters. The van der Waals surface area contributed by atoms with Crippen molar-refractivity contribution in [1.82, 2.24) is 4.90 Å². The van der Waals surface area contributed by atoms with Crippen LogP contribution in [0.25, 0.3) is 0 Å². The first-order valence-electron chi connectivity index (χ1n) is 7.23. The molecule has 102 valence electrons. The first-order valence-corrected chi connectivity index (χ1v) is 7.23. The Labute approximate surface area is 114 Å². The lowest BCUT2D eigenvalue weighted by molar-refractivity contribution is 0.0736. The summed E-state index contributed by atoms with van der Waals surface area (Å²) in [5, 5.41) is 10.1. The van der Waals surface area contributed by atoms with Crippen molar-refractivity contribution in [1.29, 1.82) is 0 Å². The van der Waals surface area contributed by atoms with E-state index in [4.69, 9.17) is 0 Å². The smallest absolute Gasteiger partial charge is 0.257 e. The summed E-state index contributed by atoms with van der Waals surface area (Å²) in [6, 6.07) is 5.41. The fraction of sp³-hybridized carbons (Fsp3) is 0.562. The van der Waals surface area contributed by atoms with Crippen LogP contribution in [-0.2, 0) is 0 Å². The summed E-state index contributed by atoms with van der Waals surface area (Å²) < 4.78 is 0. The van der Waals surface area contributed by atoms with Crippen LogP contribution in [0.2, 0.25) is 0 Å². The third-order valence-corrected chi connectivity index (χ3v) is 4.11. The molecule has 3 rings (SSSR count). The highest BCUT2D eigenvalue weighted by Crippen LogP contribution is 2.35. The zero-order chi connectivity index (χ0) is 13.4. The molecular weight excluding hydrogens is 238 g/mol. The van der Waals surface area contributed by atoms with Gasteiger partial charge in [-0.25, -0.2) is 0 Å². The molecule has 2 aliphatic rings. The second kappa shape index (κ2) is 4.87. The van der Waals surface area contributed by atoms with Crippen molar-refractivity contribution in [2.24, 2.45) is 11.8 Å². The van der Waals surface area contributed by atoms with Crippen LogP contribution in [-0.4, -0.2) is 29.0 Å². The van der Waals surface area contributed by atoms with Crippen LogP contribution in [0.1, 0.15) is 41.6 Å². The number of aromatic hydroxyl groups is 1. The normalized spacial score (nSPS) is 18.4. The maximum atomic E-state index is 12.6. The molecule has 0 aromatic heterocycles. The number of hydrogen-bond donors (Lipinski definition) is 1. The third kappa shape index (κ3) is 2.91. The fourth-order valence-electron chi connectivity index (χ4n) is 2.47. The van der Waals surface area contributed by atoms with Crippen LogP contribution in [0.4, 0.5) is 0 Å². The minimum absolute atomic E-state index is 0. The minimum atomic E-state index is 0. The molecule has 0 spiro atoms. The van der Waals surface area contributed by atoms with Crippen molar-refractivity contribution in [2.75, 3.05) is 13.1 Å². The highest BCUT2D eigenvalue weighted by atomic mass is 16.3. The molecular formula is C16H21NO2. The average molecular weight is 259 g/mol. The van der Waals surface area contributed by atoms with Gasteiger partial charge in [-0.15, -0.1) is 0 Å². The van der Waals surface area contributed by atoms with Crippen molar-refractivity contribution in [3.8, 4) is 5.75 Å². The molecule has 3 heteroatoms. The SMILES string of the molecule is Cc1cccc(C(=O)N(CC2CC2)CC2CC2)c1O. The lowest BCUT2D eigenvalue weighted by atomic mass is 10.1. The first-order chi connectivity index (χ1) is 9.15. The number of rotatable bonds is 5. The van der Waals surface area contributed by atoms with Gasteiger partial charge in [-0.05, 0) is 56.1 Å². The number of phenols is 1. The van der Waals surface area contributed by atoms with Gasteiger partial charge in [0, 0.05) is 13.1 Å². The number of carbonyl (C=O) groups excluding carboxylic acids is 1. The van der Waals surface area contributed by atoms with Crippen molar-refractivity contribution >= 4 is 5.91 Å². The molecule has 0 radical (unpaired) electrons. The van der Waals surface area contributed by atoms with Crippen molar-refractivity contribution in [2.45, 2.75) is 32.6 Å². The van der Waals surface area contributed by atoms with Gasteiger partial charge in [0.25, 0.3) is 5.91 Å². The van der Waals surface area contributed by atoms with Gasteiger partial charge < -0.3 is 10.0 Å². The van der Waals surface area contributed by atoms with E-state index in [1.165, 1.54) is 25.7 Å². The number of para-hydroxylation sites is 1. The van der Waals surface area contributed by atoms with Gasteiger partial charge in [0.05, 0.1) is 5.56 Å². The standard InChI is InChI=1S/C16H21NO2/c1-11-3-2-4-14(15(11)18)16(19)17(9-12-5-6-12)10-13-7-8-13/h2-4,12-13,18H,5-10H2,1H3. The topological polar surface area (TPSA) is 40.5 Å². The van der Waals surface area contributed by atoms with Gasteiger partial charge in [0.1, 0.15) is 5.75 Å². The van der Waals surface area contributed by atoms with E-state index in [1.54, 1.807) is 6.07 Å². The third-order valence-electron chi connectivity index (χ3n) is 4.11. The van der Waals surface area contributed by atoms with Gasteiger partial charge >= 0.3 is 0 Å². The predicted molar refractivity (Wildman–Crippen MR) is 74.2 cm³/mol. The number of nitrogens with zero attached hydrogens (tertiary/aromatic N) is 1. The van der Waals surface area contributed by atoms with Crippen molar-refractivity contribution in [3.05, 3.63) is 29.3 Å². The molecule has 1 aromatic carbocycles. The zero-order valence-corrected chi connectivity index (χ0v) is 11.4. The number of amides is 1. The largest absolute Gasteiger partial charge is 0.507 e. The molecule has 1 N–H and O–H groups in total. The number of hydrogen-bond acceptors (Lipinski definition) is 2. The molecule has 2 saturated carbocycles. The summed E-state index contributed by atoms with van der Waals surface area (Å²) >= 11 is 0. The van der Waals surface area contributed by atoms with Gasteiger partial charge in [0.15, 0.2) is 0 Å². The predicted octanol–water partition coefficient (Wildman–Crippen LogP) is 2.96. The lowest BCUT2D eigenvalue weighted by Crippen LogP contribution is -2.34. The maximum Gasteiger partial charge on any atom is 0.257 e. The Morgan fingerprint density at radius 2 is 1.79 bits per heavy atom. The Balaban J connectivity index is 1.79. The Morgan fingerprint density at radius 3 is 2.32 bits per heavy atom. The lowest BCUT2D eigenvalue weighted by Gasteiger charge is -2.23. The molecule has 1 aromatic rings. The van der Waals surface area contributed by atoms with E-state index in [1.807, 2.05) is 24.0 Å². The minimum Gasteiger partial charge on any atom is -0.507 e. The van der Waals surface area contributed by atoms with Crippen LogP contribution in [0, 0.1) is 18.8 Å². The molecule has 0 aliphatic heterocycles. The molecule has 0 saturated heterocycles. The molecule has 2 fully saturated rings. The quantitative estimate of drug-likeness (QED) is 0.883. The van der Waals surface area contributed by atoms with Crippen molar-refractivity contribution < 1.29 is 9.90 Å². The molecule has 0 heterocycles. The molecule has 3 nitrogen and oxygen atoms in total. The first kappa shape index (κ1) is 12.5. The second-order valence-electron chi connectivity index (χ2n) is 6.07. The van der Waals surface area contributed by atoms with Crippen LogP contribution in [0.5, 0.6) is 5.75 Å². The van der Waals surface area contributed by atoms with Crippen LogP contribution >= 0.6 is 0 Å². The summed E-state index contributed by atoms with van der Waals surface area (Å²) in [6.45, 7) is 3.56. The molecule has 19 heavy (non-hydrogen) atoms. The van der Waals surface area contributed by atoms with E-state index in [0.29, 0.717) is 17.4 Å². The molecule has 1 amide bonds. The fourth-order valence-corrected chi connectivity index (χ4v) is 2.47.